The number of carbonyl (C=O) groups is 1. The maximum Gasteiger partial charge on any atom is 0.406 e. The Balaban J connectivity index is 1.37. The molecule has 13 nitrogen and oxygen atoms in total. The second-order valence-corrected chi connectivity index (χ2v) is 10.2. The second kappa shape index (κ2) is 10.8. The van der Waals surface area contributed by atoms with Crippen LogP contribution in [-0.2, 0) is 32.4 Å². The van der Waals surface area contributed by atoms with E-state index >= 15 is 4.39 Å². The number of rotatable bonds is 9. The number of benzene rings is 1. The van der Waals surface area contributed by atoms with Crippen molar-refractivity contribution in [1.82, 2.24) is 49.3 Å². The highest BCUT2D eigenvalue weighted by Gasteiger charge is 2.25. The zero-order chi connectivity index (χ0) is 29.5. The van der Waals surface area contributed by atoms with Gasteiger partial charge in [0.1, 0.15) is 5.65 Å². The number of alkyl carbamates (subject to hydrolysis) is 1. The van der Waals surface area contributed by atoms with E-state index in [-0.39, 0.29) is 5.69 Å². The first-order valence-electron chi connectivity index (χ1n) is 13.5. The van der Waals surface area contributed by atoms with Crippen LogP contribution in [0.1, 0.15) is 6.42 Å². The number of methoxy groups -OCH3 is 1. The molecule has 0 aliphatic rings. The molecular weight excluding hydrogens is 543 g/mol. The van der Waals surface area contributed by atoms with Crippen molar-refractivity contribution in [2.45, 2.75) is 13.0 Å². The molecule has 5 aromatic heterocycles. The molecule has 0 saturated heterocycles. The number of nitrogens with zero attached hydrogens (tertiary/aromatic N) is 7. The summed E-state index contributed by atoms with van der Waals surface area (Å²) in [6.07, 6.45) is 5.49. The number of imidazole rings is 1. The molecule has 1 aromatic carbocycles. The van der Waals surface area contributed by atoms with E-state index in [9.17, 15) is 9.59 Å². The van der Waals surface area contributed by atoms with Crippen molar-refractivity contribution in [1.29, 1.82) is 0 Å². The average molecular weight is 575 g/mol. The third-order valence-electron chi connectivity index (χ3n) is 7.51. The molecule has 1 amide bonds. The van der Waals surface area contributed by atoms with Crippen molar-refractivity contribution in [2.75, 3.05) is 26.7 Å². The Morgan fingerprint density at radius 1 is 1.10 bits per heavy atom. The topological polar surface area (TPSA) is 142 Å². The van der Waals surface area contributed by atoms with Gasteiger partial charge in [0.15, 0.2) is 0 Å². The van der Waals surface area contributed by atoms with Gasteiger partial charge in [-0.1, -0.05) is 6.07 Å². The molecule has 0 unspecified atom stereocenters. The zero-order valence-corrected chi connectivity index (χ0v) is 23.7. The number of nitrogens with one attached hydrogen (secondary N) is 3. The molecular formula is C28H31FN10O3. The molecule has 0 fully saturated rings. The summed E-state index contributed by atoms with van der Waals surface area (Å²) in [6, 6.07) is 6.01. The molecule has 218 valence electrons. The molecule has 6 aromatic rings. The first-order chi connectivity index (χ1) is 20.3. The number of pyridine rings is 1. The van der Waals surface area contributed by atoms with Crippen LogP contribution in [0.4, 0.5) is 9.18 Å². The highest BCUT2D eigenvalue weighted by atomic mass is 19.1. The summed E-state index contributed by atoms with van der Waals surface area (Å²) >= 11 is 0. The number of H-pyrrole nitrogens is 1. The monoisotopic (exact) mass is 574 g/mol. The third-order valence-corrected chi connectivity index (χ3v) is 7.51. The normalized spacial score (nSPS) is 11.7. The third kappa shape index (κ3) is 4.59. The minimum absolute atomic E-state index is 0.175. The van der Waals surface area contributed by atoms with E-state index in [2.05, 4.69) is 35.5 Å². The molecule has 14 heteroatoms. The maximum atomic E-state index is 15.0. The van der Waals surface area contributed by atoms with Gasteiger partial charge >= 0.3 is 11.8 Å². The predicted molar refractivity (Wildman–Crippen MR) is 157 cm³/mol. The number of carbonyl (C=O) groups excluding carboxylic acids is 1. The van der Waals surface area contributed by atoms with Gasteiger partial charge < -0.3 is 20.4 Å². The van der Waals surface area contributed by atoms with Crippen LogP contribution in [0.2, 0.25) is 0 Å². The summed E-state index contributed by atoms with van der Waals surface area (Å²) in [5.74, 6) is -0.605. The Bertz CT molecular complexity index is 2010. The van der Waals surface area contributed by atoms with Crippen molar-refractivity contribution in [3.05, 3.63) is 53.2 Å². The number of aromatic nitrogens is 8. The SMILES string of the molecule is COC(=O)NCCNCCCn1ncc2cc(-c3c(-c4cn(C)nc4F)[nH]c4ncc5c(c34)n(C)c(=O)n5C)ccc21. The zero-order valence-electron chi connectivity index (χ0n) is 23.7. The van der Waals surface area contributed by atoms with Gasteiger partial charge in [0.25, 0.3) is 0 Å². The number of fused-ring (bicyclic) bond motifs is 4. The lowest BCUT2D eigenvalue weighted by molar-refractivity contribution is 0.171. The Hall–Kier alpha value is -4.98. The second-order valence-electron chi connectivity index (χ2n) is 10.2. The fourth-order valence-corrected chi connectivity index (χ4v) is 5.48. The molecule has 0 aliphatic carbocycles. The Labute approximate surface area is 238 Å². The van der Waals surface area contributed by atoms with Crippen LogP contribution in [-0.4, -0.2) is 71.5 Å². The molecule has 3 N–H and O–H groups in total. The van der Waals surface area contributed by atoms with Gasteiger partial charge in [-0.2, -0.15) is 9.49 Å². The Morgan fingerprint density at radius 3 is 2.69 bits per heavy atom. The van der Waals surface area contributed by atoms with Crippen molar-refractivity contribution in [3.8, 4) is 22.4 Å². The molecule has 42 heavy (non-hydrogen) atoms. The fourth-order valence-electron chi connectivity index (χ4n) is 5.48. The van der Waals surface area contributed by atoms with Gasteiger partial charge in [-0.15, -0.1) is 5.10 Å². The number of ether oxygens (including phenoxy) is 1. The first kappa shape index (κ1) is 27.2. The standard InChI is InChI=1S/C28H31FN10O3/c1-36-15-18(25(29)35-36)23-21(22-24-20(14-32-26(22)34-23)37(2)28(41)38(24)3)16-6-7-19-17(12-16)13-33-39(19)11-5-8-30-9-10-31-27(40)42-4/h6-7,12-15,30H,5,8-11H2,1-4H3,(H,31,40)(H,32,34). The molecule has 0 radical (unpaired) electrons. The number of amides is 1. The van der Waals surface area contributed by atoms with Crippen molar-refractivity contribution in [2.24, 2.45) is 21.1 Å². The van der Waals surface area contributed by atoms with E-state index in [0.29, 0.717) is 47.6 Å². The lowest BCUT2D eigenvalue weighted by atomic mass is 9.98. The van der Waals surface area contributed by atoms with Crippen molar-refractivity contribution < 1.29 is 13.9 Å². The van der Waals surface area contributed by atoms with Crippen LogP contribution in [0.3, 0.4) is 0 Å². The van der Waals surface area contributed by atoms with E-state index in [1.165, 1.54) is 11.8 Å². The van der Waals surface area contributed by atoms with Crippen LogP contribution in [0.25, 0.3) is 55.4 Å². The maximum absolute atomic E-state index is 15.0. The lowest BCUT2D eigenvalue weighted by Crippen LogP contribution is -2.32. The smallest absolute Gasteiger partial charge is 0.406 e. The van der Waals surface area contributed by atoms with Crippen molar-refractivity contribution in [3.63, 3.8) is 0 Å². The Kier molecular flexibility index (Phi) is 6.98. The number of halogens is 1. The quantitative estimate of drug-likeness (QED) is 0.226. The molecule has 0 bridgehead atoms. The highest BCUT2D eigenvalue weighted by molar-refractivity contribution is 6.14. The lowest BCUT2D eigenvalue weighted by Gasteiger charge is -2.08. The number of hydrogen-bond acceptors (Lipinski definition) is 7. The van der Waals surface area contributed by atoms with E-state index in [0.717, 1.165) is 40.4 Å². The Morgan fingerprint density at radius 2 is 1.93 bits per heavy atom. The molecule has 0 atom stereocenters. The van der Waals surface area contributed by atoms with Crippen LogP contribution in [0.15, 0.2) is 41.6 Å². The summed E-state index contributed by atoms with van der Waals surface area (Å²) in [5, 5.41) is 16.1. The van der Waals surface area contributed by atoms with Gasteiger partial charge in [-0.25, -0.2) is 14.6 Å². The fraction of sp³-hybridized carbons (Fsp3) is 0.321. The highest BCUT2D eigenvalue weighted by Crippen LogP contribution is 2.42. The van der Waals surface area contributed by atoms with E-state index in [1.807, 2.05) is 29.1 Å². The largest absolute Gasteiger partial charge is 0.453 e. The van der Waals surface area contributed by atoms with E-state index < -0.39 is 12.0 Å². The van der Waals surface area contributed by atoms with Crippen LogP contribution in [0.5, 0.6) is 0 Å². The van der Waals surface area contributed by atoms with Crippen molar-refractivity contribution >= 4 is 39.1 Å². The molecule has 0 aliphatic heterocycles. The van der Waals surface area contributed by atoms with Gasteiger partial charge in [0, 0.05) is 57.9 Å². The molecule has 0 saturated carbocycles. The van der Waals surface area contributed by atoms with Gasteiger partial charge in [-0.05, 0) is 30.7 Å². The first-order valence-corrected chi connectivity index (χ1v) is 13.5. The minimum atomic E-state index is -0.605. The summed E-state index contributed by atoms with van der Waals surface area (Å²) in [5.41, 5.74) is 5.13. The van der Waals surface area contributed by atoms with Gasteiger partial charge in [0.05, 0.1) is 52.7 Å². The average Bonchev–Trinajstić information content (AvgIpc) is 3.72. The molecule has 0 spiro atoms. The predicted octanol–water partition coefficient (Wildman–Crippen LogP) is 2.65. The van der Waals surface area contributed by atoms with E-state index in [4.69, 9.17) is 0 Å². The summed E-state index contributed by atoms with van der Waals surface area (Å²) in [6.45, 7) is 2.59. The van der Waals surface area contributed by atoms with Gasteiger partial charge in [-0.3, -0.25) is 18.5 Å². The molecule has 5 heterocycles. The number of hydrogen-bond donors (Lipinski definition) is 3. The van der Waals surface area contributed by atoms with Crippen LogP contribution < -0.4 is 16.3 Å². The number of aromatic amines is 1. The van der Waals surface area contributed by atoms with Crippen LogP contribution in [0, 0.1) is 5.95 Å². The van der Waals surface area contributed by atoms with E-state index in [1.54, 1.807) is 42.7 Å². The molecule has 6 rings (SSSR count). The van der Waals surface area contributed by atoms with Crippen LogP contribution >= 0.6 is 0 Å². The minimum Gasteiger partial charge on any atom is -0.453 e. The summed E-state index contributed by atoms with van der Waals surface area (Å²) < 4.78 is 26.1. The number of aryl methyl sites for hydroxylation is 4. The summed E-state index contributed by atoms with van der Waals surface area (Å²) in [4.78, 5) is 31.9. The van der Waals surface area contributed by atoms with Gasteiger partial charge in [0.2, 0.25) is 5.95 Å². The summed E-state index contributed by atoms with van der Waals surface area (Å²) in [7, 11) is 6.44.